The molecule has 192 valence electrons. The molecule has 0 saturated carbocycles. The number of phenols is 1. The summed E-state index contributed by atoms with van der Waals surface area (Å²) in [4.78, 5) is 27.1. The molecule has 10 nitrogen and oxygen atoms in total. The van der Waals surface area contributed by atoms with Gasteiger partial charge in [0.15, 0.2) is 11.5 Å². The van der Waals surface area contributed by atoms with Gasteiger partial charge in [-0.05, 0) is 61.9 Å². The van der Waals surface area contributed by atoms with Gasteiger partial charge in [0.25, 0.3) is 11.8 Å². The number of nitrogens with one attached hydrogen (secondary N) is 3. The zero-order chi connectivity index (χ0) is 26.1. The van der Waals surface area contributed by atoms with Gasteiger partial charge >= 0.3 is 0 Å². The third-order valence-electron chi connectivity index (χ3n) is 5.60. The maximum Gasteiger partial charge on any atom is 0.257 e. The quantitative estimate of drug-likeness (QED) is 0.251. The largest absolute Gasteiger partial charge is 0.504 e. The molecule has 0 spiro atoms. The van der Waals surface area contributed by atoms with Crippen LogP contribution >= 0.6 is 0 Å². The van der Waals surface area contributed by atoms with Gasteiger partial charge in [0.1, 0.15) is 23.4 Å². The first kappa shape index (κ1) is 26.6. The number of amides is 2. The number of aromatic hydroxyl groups is 1. The summed E-state index contributed by atoms with van der Waals surface area (Å²) in [6, 6.07) is 8.89. The second-order valence-electron chi connectivity index (χ2n) is 8.30. The fourth-order valence-corrected chi connectivity index (χ4v) is 3.64. The highest BCUT2D eigenvalue weighted by molar-refractivity contribution is 6.09. The number of likely N-dealkylation sites (tertiary alicyclic amines) is 1. The Balaban J connectivity index is 1.85. The minimum absolute atomic E-state index is 0.0929. The minimum Gasteiger partial charge on any atom is -0.504 e. The SMILES string of the molecule is CCC(CO)Oc1cc(Oc2ccc(C(=O)N3CCCC3)cc2O)cc(C(=O)NC(=N)/C=C\NC)c1. The number of aliphatic hydroxyl groups excluding tert-OH is 1. The maximum atomic E-state index is 12.8. The van der Waals surface area contributed by atoms with Crippen LogP contribution in [0.4, 0.5) is 0 Å². The lowest BCUT2D eigenvalue weighted by Crippen LogP contribution is -2.28. The van der Waals surface area contributed by atoms with Gasteiger partial charge in [-0.15, -0.1) is 0 Å². The number of rotatable bonds is 10. The molecule has 10 heteroatoms. The van der Waals surface area contributed by atoms with E-state index < -0.39 is 12.0 Å². The topological polar surface area (TPSA) is 144 Å². The predicted molar refractivity (Wildman–Crippen MR) is 135 cm³/mol. The van der Waals surface area contributed by atoms with Gasteiger partial charge in [-0.25, -0.2) is 0 Å². The summed E-state index contributed by atoms with van der Waals surface area (Å²) < 4.78 is 11.6. The van der Waals surface area contributed by atoms with Gasteiger partial charge in [0.05, 0.1) is 6.61 Å². The average Bonchev–Trinajstić information content (AvgIpc) is 3.41. The molecule has 1 heterocycles. The first-order valence-corrected chi connectivity index (χ1v) is 11.8. The highest BCUT2D eigenvalue weighted by Crippen LogP contribution is 2.34. The maximum absolute atomic E-state index is 12.8. The Morgan fingerprint density at radius 2 is 1.86 bits per heavy atom. The summed E-state index contributed by atoms with van der Waals surface area (Å²) in [5, 5.41) is 33.1. The van der Waals surface area contributed by atoms with E-state index in [1.165, 1.54) is 42.6 Å². The number of benzene rings is 2. The Labute approximate surface area is 210 Å². The molecule has 5 N–H and O–H groups in total. The van der Waals surface area contributed by atoms with E-state index in [0.717, 1.165) is 12.8 Å². The van der Waals surface area contributed by atoms with Crippen molar-refractivity contribution in [3.8, 4) is 23.0 Å². The molecule has 0 bridgehead atoms. The van der Waals surface area contributed by atoms with Gasteiger partial charge in [0.2, 0.25) is 0 Å². The summed E-state index contributed by atoms with van der Waals surface area (Å²) in [7, 11) is 1.67. The van der Waals surface area contributed by atoms with Gasteiger partial charge < -0.3 is 35.2 Å². The van der Waals surface area contributed by atoms with E-state index in [1.807, 2.05) is 6.92 Å². The minimum atomic E-state index is -0.566. The van der Waals surface area contributed by atoms with E-state index in [0.29, 0.717) is 25.1 Å². The van der Waals surface area contributed by atoms with Crippen molar-refractivity contribution in [2.75, 3.05) is 26.7 Å². The predicted octanol–water partition coefficient (Wildman–Crippen LogP) is 3.01. The molecule has 3 rings (SSSR count). The number of nitrogens with zero attached hydrogens (tertiary/aromatic N) is 1. The van der Waals surface area contributed by atoms with Crippen LogP contribution in [0.3, 0.4) is 0 Å². The van der Waals surface area contributed by atoms with Crippen molar-refractivity contribution in [1.29, 1.82) is 5.41 Å². The first-order valence-electron chi connectivity index (χ1n) is 11.8. The summed E-state index contributed by atoms with van der Waals surface area (Å²) in [6.45, 7) is 3.04. The standard InChI is InChI=1S/C26H32N4O6/c1-3-19(16-31)35-20-12-18(25(33)29-24(27)8-9-28-2)13-21(15-20)36-23-7-6-17(14-22(23)32)26(34)30-10-4-5-11-30/h6-9,12-15,19,28,31-32H,3-5,10-11,16H2,1-2H3,(H2,27,29,33)/b9-8-. The molecule has 1 aliphatic heterocycles. The van der Waals surface area contributed by atoms with E-state index in [1.54, 1.807) is 18.0 Å². The number of carbonyl (C=O) groups excluding carboxylic acids is 2. The van der Waals surface area contributed by atoms with Crippen LogP contribution in [-0.2, 0) is 0 Å². The number of phenolic OH excluding ortho intramolecular Hbond substituents is 1. The molecule has 1 unspecified atom stereocenters. The van der Waals surface area contributed by atoms with Crippen molar-refractivity contribution < 1.29 is 29.3 Å². The number of amidine groups is 1. The molecule has 0 aliphatic carbocycles. The van der Waals surface area contributed by atoms with Crippen LogP contribution in [0.5, 0.6) is 23.0 Å². The van der Waals surface area contributed by atoms with Crippen molar-refractivity contribution in [1.82, 2.24) is 15.5 Å². The lowest BCUT2D eigenvalue weighted by atomic mass is 10.1. The van der Waals surface area contributed by atoms with E-state index in [4.69, 9.17) is 14.9 Å². The lowest BCUT2D eigenvalue weighted by Gasteiger charge is -2.18. The lowest BCUT2D eigenvalue weighted by molar-refractivity contribution is 0.0792. The second-order valence-corrected chi connectivity index (χ2v) is 8.30. The Morgan fingerprint density at radius 3 is 2.50 bits per heavy atom. The summed E-state index contributed by atoms with van der Waals surface area (Å²) in [5.74, 6) is -0.501. The molecule has 0 radical (unpaired) electrons. The molecule has 36 heavy (non-hydrogen) atoms. The molecule has 2 amide bonds. The number of hydrogen-bond donors (Lipinski definition) is 5. The van der Waals surface area contributed by atoms with Gasteiger partial charge in [-0.2, -0.15) is 0 Å². The normalized spacial score (nSPS) is 13.9. The van der Waals surface area contributed by atoms with Gasteiger partial charge in [0, 0.05) is 37.3 Å². The zero-order valence-electron chi connectivity index (χ0n) is 20.4. The molecule has 1 atom stereocenters. The molecule has 1 saturated heterocycles. The Morgan fingerprint density at radius 1 is 1.14 bits per heavy atom. The highest BCUT2D eigenvalue weighted by atomic mass is 16.5. The zero-order valence-corrected chi connectivity index (χ0v) is 20.4. The van der Waals surface area contributed by atoms with Gasteiger partial charge in [-0.1, -0.05) is 6.92 Å². The Bertz CT molecular complexity index is 1120. The van der Waals surface area contributed by atoms with Crippen molar-refractivity contribution in [3.63, 3.8) is 0 Å². The van der Waals surface area contributed by atoms with E-state index >= 15 is 0 Å². The van der Waals surface area contributed by atoms with Crippen LogP contribution in [0, 0.1) is 5.41 Å². The number of ether oxygens (including phenoxy) is 2. The number of hydrogen-bond acceptors (Lipinski definition) is 8. The van der Waals surface area contributed by atoms with Crippen LogP contribution in [0.2, 0.25) is 0 Å². The highest BCUT2D eigenvalue weighted by Gasteiger charge is 2.21. The first-order chi connectivity index (χ1) is 17.3. The van der Waals surface area contributed by atoms with Crippen LogP contribution in [0.25, 0.3) is 0 Å². The van der Waals surface area contributed by atoms with Crippen LogP contribution < -0.4 is 20.1 Å². The van der Waals surface area contributed by atoms with Crippen molar-refractivity contribution in [2.45, 2.75) is 32.3 Å². The van der Waals surface area contributed by atoms with Crippen LogP contribution in [0.1, 0.15) is 46.9 Å². The molecule has 2 aromatic rings. The Kier molecular flexibility index (Phi) is 9.29. The molecule has 1 fully saturated rings. The molecule has 1 aliphatic rings. The third-order valence-corrected chi connectivity index (χ3v) is 5.60. The fraction of sp³-hybridized carbons (Fsp3) is 0.346. The van der Waals surface area contributed by atoms with Crippen LogP contribution in [-0.4, -0.2) is 65.6 Å². The molecular weight excluding hydrogens is 464 g/mol. The average molecular weight is 497 g/mol. The van der Waals surface area contributed by atoms with Crippen molar-refractivity contribution in [2.24, 2.45) is 0 Å². The molecule has 2 aromatic carbocycles. The Hall–Kier alpha value is -4.05. The summed E-state index contributed by atoms with van der Waals surface area (Å²) in [5.41, 5.74) is 0.513. The van der Waals surface area contributed by atoms with Crippen molar-refractivity contribution in [3.05, 3.63) is 59.8 Å². The molecular formula is C26H32N4O6. The van der Waals surface area contributed by atoms with E-state index in [2.05, 4.69) is 10.6 Å². The van der Waals surface area contributed by atoms with E-state index in [9.17, 15) is 19.8 Å². The van der Waals surface area contributed by atoms with E-state index in [-0.39, 0.29) is 46.9 Å². The summed E-state index contributed by atoms with van der Waals surface area (Å²) >= 11 is 0. The molecule has 0 aromatic heterocycles. The third kappa shape index (κ3) is 6.98. The number of aliphatic hydroxyl groups is 1. The summed E-state index contributed by atoms with van der Waals surface area (Å²) in [6.07, 6.45) is 4.87. The van der Waals surface area contributed by atoms with Crippen LogP contribution in [0.15, 0.2) is 48.7 Å². The van der Waals surface area contributed by atoms with Gasteiger partial charge in [-0.3, -0.25) is 15.0 Å². The monoisotopic (exact) mass is 496 g/mol. The second kappa shape index (κ2) is 12.6. The number of carbonyl (C=O) groups is 2. The van der Waals surface area contributed by atoms with Crippen molar-refractivity contribution >= 4 is 17.6 Å². The fourth-order valence-electron chi connectivity index (χ4n) is 3.64. The smallest absolute Gasteiger partial charge is 0.257 e.